The van der Waals surface area contributed by atoms with Gasteiger partial charge >= 0.3 is 5.97 Å². The average Bonchev–Trinajstić information content (AvgIpc) is 1.85. The number of carboxylic acids is 1. The van der Waals surface area contributed by atoms with Gasteiger partial charge in [-0.15, -0.1) is 12.4 Å². The molecular weight excluding hydrogens is 201 g/mol. The summed E-state index contributed by atoms with van der Waals surface area (Å²) in [5.74, 6) is -1.05. The highest BCUT2D eigenvalue weighted by molar-refractivity contribution is 6.32. The number of nitrogens with zero attached hydrogens (tertiary/aromatic N) is 1. The van der Waals surface area contributed by atoms with E-state index in [-0.39, 0.29) is 23.1 Å². The number of aromatic nitrogens is 1. The fourth-order valence-corrected chi connectivity index (χ4v) is 0.962. The van der Waals surface area contributed by atoms with E-state index < -0.39 is 5.97 Å². The number of pyridine rings is 1. The zero-order valence-corrected chi connectivity index (χ0v) is 7.82. The molecule has 1 heterocycles. The molecule has 0 aliphatic carbocycles. The summed E-state index contributed by atoms with van der Waals surface area (Å²) in [5.41, 5.74) is 0.747. The molecule has 1 aromatic heterocycles. The smallest absolute Gasteiger partial charge is 0.338 e. The normalized spacial score (nSPS) is 8.83. The molecule has 1 rings (SSSR count). The Labute approximate surface area is 80.8 Å². The number of aromatic carboxylic acids is 1. The molecule has 0 saturated heterocycles. The van der Waals surface area contributed by atoms with E-state index in [4.69, 9.17) is 16.7 Å². The zero-order chi connectivity index (χ0) is 8.43. The molecule has 0 bridgehead atoms. The van der Waals surface area contributed by atoms with Crippen molar-refractivity contribution in [3.8, 4) is 0 Å². The van der Waals surface area contributed by atoms with Gasteiger partial charge in [0.25, 0.3) is 0 Å². The number of carboxylic acid groups (broad SMARTS) is 1. The van der Waals surface area contributed by atoms with Crippen LogP contribution in [0.4, 0.5) is 0 Å². The minimum absolute atomic E-state index is 0. The van der Waals surface area contributed by atoms with Crippen molar-refractivity contribution in [2.75, 3.05) is 0 Å². The number of aryl methyl sites for hydroxylation is 1. The predicted octanol–water partition coefficient (Wildman–Crippen LogP) is 2.16. The Kier molecular flexibility index (Phi) is 4.00. The summed E-state index contributed by atoms with van der Waals surface area (Å²) in [6.07, 6.45) is 0. The predicted molar refractivity (Wildman–Crippen MR) is 48.2 cm³/mol. The standard InChI is InChI=1S/C7H6ClNO2.ClH/c1-4-2-3-5(7(10)11)6(8)9-4;/h2-3H,1H3,(H,10,11);1H. The van der Waals surface area contributed by atoms with Crippen LogP contribution in [0.5, 0.6) is 0 Å². The van der Waals surface area contributed by atoms with Crippen LogP contribution in [0, 0.1) is 6.92 Å². The summed E-state index contributed by atoms with van der Waals surface area (Å²) in [6.45, 7) is 1.75. The fraction of sp³-hybridized carbons (Fsp3) is 0.143. The van der Waals surface area contributed by atoms with E-state index >= 15 is 0 Å². The lowest BCUT2D eigenvalue weighted by Gasteiger charge is -1.97. The highest BCUT2D eigenvalue weighted by Crippen LogP contribution is 2.12. The van der Waals surface area contributed by atoms with E-state index in [2.05, 4.69) is 4.98 Å². The summed E-state index contributed by atoms with van der Waals surface area (Å²) >= 11 is 5.53. The molecule has 5 heteroatoms. The van der Waals surface area contributed by atoms with Gasteiger partial charge in [-0.2, -0.15) is 0 Å². The molecular formula is C7H7Cl2NO2. The first-order valence-corrected chi connectivity index (χ1v) is 3.35. The minimum Gasteiger partial charge on any atom is -0.478 e. The molecule has 0 saturated carbocycles. The lowest BCUT2D eigenvalue weighted by molar-refractivity contribution is 0.0696. The van der Waals surface area contributed by atoms with Crippen LogP contribution in [0.25, 0.3) is 0 Å². The number of hydrogen-bond donors (Lipinski definition) is 1. The van der Waals surface area contributed by atoms with Crippen LogP contribution in [0.2, 0.25) is 5.15 Å². The fourth-order valence-electron chi connectivity index (χ4n) is 0.685. The molecule has 0 atom stereocenters. The van der Waals surface area contributed by atoms with E-state index in [0.717, 1.165) is 0 Å². The topological polar surface area (TPSA) is 50.2 Å². The SMILES string of the molecule is Cc1ccc(C(=O)O)c(Cl)n1.Cl. The van der Waals surface area contributed by atoms with Crippen LogP contribution in [0.1, 0.15) is 16.1 Å². The molecule has 66 valence electrons. The van der Waals surface area contributed by atoms with E-state index in [0.29, 0.717) is 5.69 Å². The molecule has 0 amide bonds. The van der Waals surface area contributed by atoms with Crippen LogP contribution < -0.4 is 0 Å². The number of halogens is 2. The van der Waals surface area contributed by atoms with E-state index in [1.54, 1.807) is 13.0 Å². The Morgan fingerprint density at radius 3 is 2.58 bits per heavy atom. The lowest BCUT2D eigenvalue weighted by Crippen LogP contribution is -1.99. The van der Waals surface area contributed by atoms with Gasteiger partial charge in [-0.25, -0.2) is 9.78 Å². The van der Waals surface area contributed by atoms with Gasteiger partial charge in [0.2, 0.25) is 0 Å². The summed E-state index contributed by atoms with van der Waals surface area (Å²) in [6, 6.07) is 3.04. The first-order valence-electron chi connectivity index (χ1n) is 2.97. The molecule has 0 fully saturated rings. The third-order valence-corrected chi connectivity index (χ3v) is 1.51. The molecule has 0 unspecified atom stereocenters. The van der Waals surface area contributed by atoms with E-state index in [9.17, 15) is 4.79 Å². The largest absolute Gasteiger partial charge is 0.478 e. The first-order chi connectivity index (χ1) is 5.11. The van der Waals surface area contributed by atoms with Gasteiger partial charge in [0.1, 0.15) is 5.15 Å². The van der Waals surface area contributed by atoms with Gasteiger partial charge in [0, 0.05) is 5.69 Å². The van der Waals surface area contributed by atoms with Crippen molar-refractivity contribution in [2.24, 2.45) is 0 Å². The number of rotatable bonds is 1. The first kappa shape index (κ1) is 11.2. The summed E-state index contributed by atoms with van der Waals surface area (Å²) in [7, 11) is 0. The molecule has 3 nitrogen and oxygen atoms in total. The van der Waals surface area contributed by atoms with Crippen LogP contribution in [-0.4, -0.2) is 16.1 Å². The van der Waals surface area contributed by atoms with Crippen molar-refractivity contribution in [1.29, 1.82) is 0 Å². The molecule has 0 spiro atoms. The maximum Gasteiger partial charge on any atom is 0.338 e. The maximum absolute atomic E-state index is 10.4. The van der Waals surface area contributed by atoms with Crippen LogP contribution in [-0.2, 0) is 0 Å². The van der Waals surface area contributed by atoms with Gasteiger partial charge in [-0.3, -0.25) is 0 Å². The molecule has 1 aromatic rings. The average molecular weight is 208 g/mol. The van der Waals surface area contributed by atoms with Gasteiger partial charge in [-0.1, -0.05) is 11.6 Å². The Bertz CT molecular complexity index is 301. The van der Waals surface area contributed by atoms with Gasteiger partial charge in [0.05, 0.1) is 5.56 Å². The molecule has 0 aliphatic heterocycles. The summed E-state index contributed by atoms with van der Waals surface area (Å²) in [5, 5.41) is 8.57. The summed E-state index contributed by atoms with van der Waals surface area (Å²) < 4.78 is 0. The molecule has 0 aromatic carbocycles. The van der Waals surface area contributed by atoms with Crippen LogP contribution in [0.15, 0.2) is 12.1 Å². The van der Waals surface area contributed by atoms with Crippen LogP contribution >= 0.6 is 24.0 Å². The van der Waals surface area contributed by atoms with Gasteiger partial charge < -0.3 is 5.11 Å². The second-order valence-electron chi connectivity index (χ2n) is 2.10. The lowest BCUT2D eigenvalue weighted by atomic mass is 10.2. The Morgan fingerprint density at radius 2 is 2.17 bits per heavy atom. The third-order valence-electron chi connectivity index (χ3n) is 1.22. The third kappa shape index (κ3) is 2.36. The minimum atomic E-state index is -1.05. The monoisotopic (exact) mass is 207 g/mol. The Hall–Kier alpha value is -0.800. The molecule has 12 heavy (non-hydrogen) atoms. The van der Waals surface area contributed by atoms with Gasteiger partial charge in [-0.05, 0) is 19.1 Å². The molecule has 1 N–H and O–H groups in total. The number of hydrogen-bond acceptors (Lipinski definition) is 2. The second-order valence-corrected chi connectivity index (χ2v) is 2.45. The van der Waals surface area contributed by atoms with E-state index in [1.165, 1.54) is 6.07 Å². The van der Waals surface area contributed by atoms with Crippen molar-refractivity contribution in [3.63, 3.8) is 0 Å². The summed E-state index contributed by atoms with van der Waals surface area (Å²) in [4.78, 5) is 14.2. The van der Waals surface area contributed by atoms with Crippen molar-refractivity contribution in [2.45, 2.75) is 6.92 Å². The van der Waals surface area contributed by atoms with Crippen molar-refractivity contribution >= 4 is 30.0 Å². The second kappa shape index (κ2) is 4.28. The van der Waals surface area contributed by atoms with E-state index in [1.807, 2.05) is 0 Å². The Balaban J connectivity index is 0.00000121. The van der Waals surface area contributed by atoms with Crippen molar-refractivity contribution in [3.05, 3.63) is 28.5 Å². The van der Waals surface area contributed by atoms with Gasteiger partial charge in [0.15, 0.2) is 0 Å². The van der Waals surface area contributed by atoms with Crippen molar-refractivity contribution < 1.29 is 9.90 Å². The molecule has 0 radical (unpaired) electrons. The highest BCUT2D eigenvalue weighted by Gasteiger charge is 2.08. The quantitative estimate of drug-likeness (QED) is 0.719. The highest BCUT2D eigenvalue weighted by atomic mass is 35.5. The molecule has 0 aliphatic rings. The number of carbonyl (C=O) groups is 1. The Morgan fingerprint density at radius 1 is 1.58 bits per heavy atom. The van der Waals surface area contributed by atoms with Crippen LogP contribution in [0.3, 0.4) is 0 Å². The van der Waals surface area contributed by atoms with Crippen molar-refractivity contribution in [1.82, 2.24) is 4.98 Å². The maximum atomic E-state index is 10.4. The zero-order valence-electron chi connectivity index (χ0n) is 6.24.